The molecule has 5 nitrogen and oxygen atoms in total. The van der Waals surface area contributed by atoms with Crippen molar-refractivity contribution < 1.29 is 9.59 Å². The zero-order chi connectivity index (χ0) is 19.3. The lowest BCUT2D eigenvalue weighted by molar-refractivity contribution is -0.114. The van der Waals surface area contributed by atoms with Crippen molar-refractivity contribution in [1.82, 2.24) is 5.32 Å². The highest BCUT2D eigenvalue weighted by Crippen LogP contribution is 2.16. The summed E-state index contributed by atoms with van der Waals surface area (Å²) < 4.78 is 0. The van der Waals surface area contributed by atoms with Crippen LogP contribution in [0.1, 0.15) is 42.3 Å². The fourth-order valence-electron chi connectivity index (χ4n) is 2.42. The quantitative estimate of drug-likeness (QED) is 0.764. The largest absolute Gasteiger partial charge is 0.376 e. The molecule has 0 bridgehead atoms. The molecule has 26 heavy (non-hydrogen) atoms. The molecule has 0 fully saturated rings. The summed E-state index contributed by atoms with van der Waals surface area (Å²) in [6, 6.07) is 12.9. The zero-order valence-electron chi connectivity index (χ0n) is 16.1. The molecular formula is C21H27N3O2. The van der Waals surface area contributed by atoms with Crippen LogP contribution in [-0.2, 0) is 4.79 Å². The van der Waals surface area contributed by atoms with Gasteiger partial charge in [-0.15, -0.1) is 0 Å². The van der Waals surface area contributed by atoms with Crippen molar-refractivity contribution in [2.75, 3.05) is 17.2 Å². The van der Waals surface area contributed by atoms with Crippen molar-refractivity contribution >= 4 is 23.2 Å². The molecule has 0 saturated carbocycles. The molecule has 0 atom stereocenters. The van der Waals surface area contributed by atoms with E-state index >= 15 is 0 Å². The van der Waals surface area contributed by atoms with E-state index in [1.807, 2.05) is 52.8 Å². The molecule has 2 rings (SSSR count). The molecule has 0 aliphatic rings. The number of nitrogens with one attached hydrogen (secondary N) is 3. The fourth-order valence-corrected chi connectivity index (χ4v) is 2.42. The van der Waals surface area contributed by atoms with Gasteiger partial charge in [0.15, 0.2) is 0 Å². The van der Waals surface area contributed by atoms with Crippen molar-refractivity contribution in [2.24, 2.45) is 0 Å². The molecule has 0 aromatic heterocycles. The van der Waals surface area contributed by atoms with Crippen LogP contribution in [0.15, 0.2) is 42.5 Å². The van der Waals surface area contributed by atoms with Crippen LogP contribution in [0.5, 0.6) is 0 Å². The van der Waals surface area contributed by atoms with E-state index < -0.39 is 0 Å². The number of carbonyl (C=O) groups is 2. The van der Waals surface area contributed by atoms with E-state index in [0.29, 0.717) is 11.3 Å². The predicted octanol–water partition coefficient (Wildman–Crippen LogP) is 3.88. The first-order valence-electron chi connectivity index (χ1n) is 8.67. The molecule has 0 aliphatic carbocycles. The van der Waals surface area contributed by atoms with Gasteiger partial charge in [-0.1, -0.05) is 12.1 Å². The van der Waals surface area contributed by atoms with Gasteiger partial charge in [-0.2, -0.15) is 0 Å². The Hall–Kier alpha value is -2.82. The van der Waals surface area contributed by atoms with Crippen LogP contribution in [-0.4, -0.2) is 23.9 Å². The van der Waals surface area contributed by atoms with Crippen LogP contribution in [0.4, 0.5) is 11.4 Å². The molecule has 138 valence electrons. The molecule has 5 heteroatoms. The number of amides is 2. The first kappa shape index (κ1) is 19.5. The number of benzene rings is 2. The van der Waals surface area contributed by atoms with Crippen LogP contribution in [0.2, 0.25) is 0 Å². The van der Waals surface area contributed by atoms with Crippen molar-refractivity contribution in [1.29, 1.82) is 0 Å². The molecule has 0 unspecified atom stereocenters. The number of anilines is 2. The van der Waals surface area contributed by atoms with E-state index in [9.17, 15) is 9.59 Å². The highest BCUT2D eigenvalue weighted by atomic mass is 16.2. The molecular weight excluding hydrogens is 326 g/mol. The minimum absolute atomic E-state index is 0.132. The Kier molecular flexibility index (Phi) is 6.03. The number of hydrogen-bond acceptors (Lipinski definition) is 3. The summed E-state index contributed by atoms with van der Waals surface area (Å²) in [5, 5.41) is 8.89. The second-order valence-electron chi connectivity index (χ2n) is 7.50. The van der Waals surface area contributed by atoms with Gasteiger partial charge in [0.1, 0.15) is 0 Å². The lowest BCUT2D eigenvalue weighted by Gasteiger charge is -2.20. The van der Waals surface area contributed by atoms with Crippen LogP contribution in [0.3, 0.4) is 0 Å². The molecule has 0 heterocycles. The van der Waals surface area contributed by atoms with Gasteiger partial charge in [-0.25, -0.2) is 0 Å². The van der Waals surface area contributed by atoms with Gasteiger partial charge in [0.2, 0.25) is 5.91 Å². The summed E-state index contributed by atoms with van der Waals surface area (Å²) in [5.41, 5.74) is 4.12. The number of aryl methyl sites for hydroxylation is 2. The Morgan fingerprint density at radius 2 is 1.62 bits per heavy atom. The average molecular weight is 353 g/mol. The average Bonchev–Trinajstić information content (AvgIpc) is 2.55. The van der Waals surface area contributed by atoms with E-state index in [2.05, 4.69) is 16.0 Å². The highest BCUT2D eigenvalue weighted by Gasteiger charge is 2.15. The lowest BCUT2D eigenvalue weighted by Crippen LogP contribution is -2.40. The summed E-state index contributed by atoms with van der Waals surface area (Å²) in [5.74, 6) is -0.273. The van der Waals surface area contributed by atoms with Crippen molar-refractivity contribution in [2.45, 2.75) is 40.2 Å². The van der Waals surface area contributed by atoms with E-state index in [0.717, 1.165) is 16.8 Å². The van der Waals surface area contributed by atoms with Crippen molar-refractivity contribution in [3.05, 3.63) is 59.2 Å². The van der Waals surface area contributed by atoms with Crippen molar-refractivity contribution in [3.63, 3.8) is 0 Å². The topological polar surface area (TPSA) is 70.2 Å². The molecule has 2 aromatic rings. The van der Waals surface area contributed by atoms with Gasteiger partial charge in [-0.05, 0) is 76.1 Å². The Balaban J connectivity index is 1.91. The van der Waals surface area contributed by atoms with Crippen LogP contribution >= 0.6 is 0 Å². The molecule has 0 radical (unpaired) electrons. The Bertz CT molecular complexity index is 790. The summed E-state index contributed by atoms with van der Waals surface area (Å²) in [6.45, 7) is 9.99. The Morgan fingerprint density at radius 3 is 2.23 bits per heavy atom. The molecule has 0 aliphatic heterocycles. The lowest BCUT2D eigenvalue weighted by atomic mass is 10.1. The molecule has 2 aromatic carbocycles. The van der Waals surface area contributed by atoms with Crippen LogP contribution < -0.4 is 16.0 Å². The molecule has 0 saturated heterocycles. The summed E-state index contributed by atoms with van der Waals surface area (Å²) >= 11 is 0. The summed E-state index contributed by atoms with van der Waals surface area (Å²) in [4.78, 5) is 24.2. The maximum atomic E-state index is 12.1. The first-order valence-corrected chi connectivity index (χ1v) is 8.67. The number of carbonyl (C=O) groups excluding carboxylic acids is 2. The fraction of sp³-hybridized carbons (Fsp3) is 0.333. The molecule has 0 spiro atoms. The maximum absolute atomic E-state index is 12.1. The van der Waals surface area contributed by atoms with E-state index in [1.54, 1.807) is 24.3 Å². The van der Waals surface area contributed by atoms with Gasteiger partial charge in [0.25, 0.3) is 5.91 Å². The van der Waals surface area contributed by atoms with Gasteiger partial charge >= 0.3 is 0 Å². The van der Waals surface area contributed by atoms with E-state index in [-0.39, 0.29) is 23.9 Å². The highest BCUT2D eigenvalue weighted by molar-refractivity contribution is 5.97. The van der Waals surface area contributed by atoms with Crippen LogP contribution in [0, 0.1) is 13.8 Å². The van der Waals surface area contributed by atoms with Gasteiger partial charge in [0.05, 0.1) is 6.54 Å². The third-order valence-corrected chi connectivity index (χ3v) is 3.75. The summed E-state index contributed by atoms with van der Waals surface area (Å²) in [6.07, 6.45) is 0. The summed E-state index contributed by atoms with van der Waals surface area (Å²) in [7, 11) is 0. The number of rotatable bonds is 5. The third kappa shape index (κ3) is 5.92. The molecule has 2 amide bonds. The molecule has 3 N–H and O–H groups in total. The van der Waals surface area contributed by atoms with Crippen LogP contribution in [0.25, 0.3) is 0 Å². The number of hydrogen-bond donors (Lipinski definition) is 3. The predicted molar refractivity (Wildman–Crippen MR) is 107 cm³/mol. The van der Waals surface area contributed by atoms with Gasteiger partial charge < -0.3 is 16.0 Å². The normalized spacial score (nSPS) is 11.0. The second-order valence-corrected chi connectivity index (χ2v) is 7.50. The third-order valence-electron chi connectivity index (χ3n) is 3.75. The SMILES string of the molecule is Cc1ccc(C)c(NCC(=O)Nc2ccc(C(=O)NC(C)(C)C)cc2)c1. The first-order chi connectivity index (χ1) is 12.1. The zero-order valence-corrected chi connectivity index (χ0v) is 16.1. The van der Waals surface area contributed by atoms with Gasteiger partial charge in [-0.3, -0.25) is 9.59 Å². The van der Waals surface area contributed by atoms with E-state index in [1.165, 1.54) is 0 Å². The minimum Gasteiger partial charge on any atom is -0.376 e. The maximum Gasteiger partial charge on any atom is 0.251 e. The Morgan fingerprint density at radius 1 is 0.962 bits per heavy atom. The van der Waals surface area contributed by atoms with E-state index in [4.69, 9.17) is 0 Å². The monoisotopic (exact) mass is 353 g/mol. The smallest absolute Gasteiger partial charge is 0.251 e. The van der Waals surface area contributed by atoms with Gasteiger partial charge in [0, 0.05) is 22.5 Å². The Labute approximate surface area is 155 Å². The second kappa shape index (κ2) is 8.04. The van der Waals surface area contributed by atoms with Crippen molar-refractivity contribution in [3.8, 4) is 0 Å². The minimum atomic E-state index is -0.288. The standard InChI is InChI=1S/C21H27N3O2/c1-14-6-7-15(2)18(12-14)22-13-19(25)23-17-10-8-16(9-11-17)20(26)24-21(3,4)5/h6-12,22H,13H2,1-5H3,(H,23,25)(H,24,26).